The van der Waals surface area contributed by atoms with Gasteiger partial charge in [-0.05, 0) is 53.7 Å². The fourth-order valence-electron chi connectivity index (χ4n) is 6.62. The number of ether oxygens (including phenoxy) is 1. The minimum absolute atomic E-state index is 0.0656. The molecule has 40 heavy (non-hydrogen) atoms. The lowest BCUT2D eigenvalue weighted by Gasteiger charge is -2.47. The molecule has 1 fully saturated rings. The van der Waals surface area contributed by atoms with Gasteiger partial charge in [0.15, 0.2) is 5.82 Å². The zero-order valence-electron chi connectivity index (χ0n) is 24.5. The summed E-state index contributed by atoms with van der Waals surface area (Å²) in [6.45, 7) is 13.8. The number of pyridine rings is 1. The number of fused-ring (bicyclic) bond motifs is 1. The molecule has 1 aliphatic rings. The van der Waals surface area contributed by atoms with Crippen LogP contribution < -0.4 is 10.1 Å². The van der Waals surface area contributed by atoms with Crippen molar-refractivity contribution in [2.45, 2.75) is 102 Å². The lowest BCUT2D eigenvalue weighted by molar-refractivity contribution is -0.137. The Balaban J connectivity index is 1.71. The number of benzene rings is 1. The van der Waals surface area contributed by atoms with E-state index in [1.54, 1.807) is 12.4 Å². The molecule has 1 aliphatic carbocycles. The standard InChI is InChI=1S/C30H41F3N4O2Si/c1-18(2)40(19(3)4,20(5)6)39-26-11-9-8-10-25(26)35-29-24-17-34-15-14-22(24)28(36-37-29)23-13-12-21(30(31,32)33)16-27(23)38-7/h12-20,25-26H,8-11H2,1-7H3,(H,35,37)/t25-,26-/m1/s1. The van der Waals surface area contributed by atoms with Crippen LogP contribution in [0.1, 0.15) is 72.8 Å². The molecule has 218 valence electrons. The Labute approximate surface area is 236 Å². The van der Waals surface area contributed by atoms with Gasteiger partial charge in [-0.25, -0.2) is 0 Å². The average molecular weight is 575 g/mol. The van der Waals surface area contributed by atoms with E-state index in [1.165, 1.54) is 13.2 Å². The van der Waals surface area contributed by atoms with Crippen LogP contribution in [0.5, 0.6) is 5.75 Å². The topological polar surface area (TPSA) is 69.2 Å². The first-order chi connectivity index (χ1) is 18.9. The number of methoxy groups -OCH3 is 1. The van der Waals surface area contributed by atoms with E-state index in [1.807, 2.05) is 6.07 Å². The largest absolute Gasteiger partial charge is 0.496 e. The van der Waals surface area contributed by atoms with Crippen LogP contribution in [0.3, 0.4) is 0 Å². The van der Waals surface area contributed by atoms with E-state index in [0.717, 1.165) is 48.6 Å². The van der Waals surface area contributed by atoms with Crippen LogP contribution in [0.25, 0.3) is 22.0 Å². The van der Waals surface area contributed by atoms with Gasteiger partial charge in [-0.1, -0.05) is 54.4 Å². The van der Waals surface area contributed by atoms with Crippen molar-refractivity contribution in [2.75, 3.05) is 12.4 Å². The highest BCUT2D eigenvalue weighted by molar-refractivity contribution is 6.77. The van der Waals surface area contributed by atoms with Gasteiger partial charge in [0.05, 0.1) is 24.8 Å². The zero-order valence-corrected chi connectivity index (χ0v) is 25.5. The molecular formula is C30H41F3N4O2Si. The third-order valence-corrected chi connectivity index (χ3v) is 14.6. The van der Waals surface area contributed by atoms with Crippen LogP contribution in [0.2, 0.25) is 16.6 Å². The number of nitrogens with zero attached hydrogens (tertiary/aromatic N) is 3. The fraction of sp³-hybridized carbons (Fsp3) is 0.567. The molecule has 2 aromatic heterocycles. The molecule has 0 spiro atoms. The van der Waals surface area contributed by atoms with E-state index < -0.39 is 20.1 Å². The van der Waals surface area contributed by atoms with Crippen molar-refractivity contribution in [3.05, 3.63) is 42.2 Å². The van der Waals surface area contributed by atoms with Gasteiger partial charge in [0, 0.05) is 28.7 Å². The molecule has 1 N–H and O–H groups in total. The summed E-state index contributed by atoms with van der Waals surface area (Å²) in [7, 11) is -0.741. The number of anilines is 1. The predicted octanol–water partition coefficient (Wildman–Crippen LogP) is 8.63. The smallest absolute Gasteiger partial charge is 0.416 e. The van der Waals surface area contributed by atoms with E-state index in [4.69, 9.17) is 9.16 Å². The molecular weight excluding hydrogens is 533 g/mol. The van der Waals surface area contributed by atoms with Crippen LogP contribution in [0.15, 0.2) is 36.7 Å². The minimum Gasteiger partial charge on any atom is -0.496 e. The summed E-state index contributed by atoms with van der Waals surface area (Å²) in [4.78, 5) is 4.33. The van der Waals surface area contributed by atoms with Crippen molar-refractivity contribution in [1.29, 1.82) is 0 Å². The summed E-state index contributed by atoms with van der Waals surface area (Å²) < 4.78 is 52.5. The van der Waals surface area contributed by atoms with Crippen LogP contribution in [-0.4, -0.2) is 42.8 Å². The Kier molecular flexibility index (Phi) is 9.09. The Hall–Kier alpha value is -2.72. The second kappa shape index (κ2) is 12.0. The van der Waals surface area contributed by atoms with Crippen LogP contribution >= 0.6 is 0 Å². The van der Waals surface area contributed by atoms with Crippen molar-refractivity contribution in [3.63, 3.8) is 0 Å². The lowest BCUT2D eigenvalue weighted by Crippen LogP contribution is -2.54. The maximum Gasteiger partial charge on any atom is 0.416 e. The Morgan fingerprint density at radius 1 is 0.925 bits per heavy atom. The molecule has 1 aromatic carbocycles. The molecule has 1 saturated carbocycles. The average Bonchev–Trinajstić information content (AvgIpc) is 2.91. The van der Waals surface area contributed by atoms with E-state index in [9.17, 15) is 13.2 Å². The van der Waals surface area contributed by atoms with E-state index in [0.29, 0.717) is 33.7 Å². The molecule has 0 saturated heterocycles. The van der Waals surface area contributed by atoms with Gasteiger partial charge >= 0.3 is 6.18 Å². The van der Waals surface area contributed by atoms with E-state index >= 15 is 0 Å². The number of aromatic nitrogens is 3. The van der Waals surface area contributed by atoms with E-state index in [-0.39, 0.29) is 17.9 Å². The lowest BCUT2D eigenvalue weighted by atomic mass is 9.92. The zero-order chi connectivity index (χ0) is 29.2. The first kappa shape index (κ1) is 30.2. The van der Waals surface area contributed by atoms with Crippen molar-refractivity contribution in [3.8, 4) is 17.0 Å². The highest BCUT2D eigenvalue weighted by Gasteiger charge is 2.48. The molecule has 0 radical (unpaired) electrons. The first-order valence-electron chi connectivity index (χ1n) is 14.2. The summed E-state index contributed by atoms with van der Waals surface area (Å²) in [6, 6.07) is 5.30. The summed E-state index contributed by atoms with van der Waals surface area (Å²) in [6.07, 6.45) is 3.13. The van der Waals surface area contributed by atoms with Gasteiger partial charge < -0.3 is 14.5 Å². The molecule has 0 amide bonds. The summed E-state index contributed by atoms with van der Waals surface area (Å²) in [5, 5.41) is 14.2. The van der Waals surface area contributed by atoms with Crippen molar-refractivity contribution >= 4 is 24.9 Å². The number of halogens is 3. The number of hydrogen-bond donors (Lipinski definition) is 1. The van der Waals surface area contributed by atoms with E-state index in [2.05, 4.69) is 62.0 Å². The van der Waals surface area contributed by atoms with Crippen molar-refractivity contribution < 1.29 is 22.3 Å². The van der Waals surface area contributed by atoms with Gasteiger partial charge in [-0.3, -0.25) is 4.98 Å². The maximum absolute atomic E-state index is 13.3. The van der Waals surface area contributed by atoms with Crippen molar-refractivity contribution in [2.24, 2.45) is 0 Å². The molecule has 10 heteroatoms. The molecule has 2 atom stereocenters. The summed E-state index contributed by atoms with van der Waals surface area (Å²) >= 11 is 0. The Bertz CT molecular complexity index is 1290. The molecule has 0 unspecified atom stereocenters. The highest BCUT2D eigenvalue weighted by atomic mass is 28.4. The number of rotatable bonds is 9. The molecule has 0 aliphatic heterocycles. The monoisotopic (exact) mass is 574 g/mol. The fourth-order valence-corrected chi connectivity index (χ4v) is 12.2. The highest BCUT2D eigenvalue weighted by Crippen LogP contribution is 2.45. The van der Waals surface area contributed by atoms with Gasteiger partial charge in [0.1, 0.15) is 11.4 Å². The van der Waals surface area contributed by atoms with Crippen LogP contribution in [0.4, 0.5) is 19.0 Å². The van der Waals surface area contributed by atoms with Gasteiger partial charge in [-0.2, -0.15) is 13.2 Å². The SMILES string of the molecule is COc1cc(C(F)(F)F)ccc1-c1nnc(N[C@@H]2CCCC[C@H]2O[Si](C(C)C)(C(C)C)C(C)C)c2cnccc12. The second-order valence-corrected chi connectivity index (χ2v) is 17.1. The maximum atomic E-state index is 13.3. The number of hydrogen-bond acceptors (Lipinski definition) is 6. The van der Waals surface area contributed by atoms with Crippen molar-refractivity contribution in [1.82, 2.24) is 15.2 Å². The minimum atomic E-state index is -4.48. The predicted molar refractivity (Wildman–Crippen MR) is 156 cm³/mol. The normalized spacial score (nSPS) is 18.6. The quantitative estimate of drug-likeness (QED) is 0.258. The molecule has 6 nitrogen and oxygen atoms in total. The third kappa shape index (κ3) is 5.84. The molecule has 3 aromatic rings. The van der Waals surface area contributed by atoms with Crippen LogP contribution in [-0.2, 0) is 10.6 Å². The van der Waals surface area contributed by atoms with Gasteiger partial charge in [-0.15, -0.1) is 10.2 Å². The second-order valence-electron chi connectivity index (χ2n) is 11.7. The Morgan fingerprint density at radius 2 is 1.60 bits per heavy atom. The van der Waals surface area contributed by atoms with Gasteiger partial charge in [0.2, 0.25) is 8.32 Å². The third-order valence-electron chi connectivity index (χ3n) is 8.45. The summed E-state index contributed by atoms with van der Waals surface area (Å²) in [5.74, 6) is 0.685. The van der Waals surface area contributed by atoms with Crippen LogP contribution in [0, 0.1) is 0 Å². The molecule has 0 bridgehead atoms. The number of nitrogens with one attached hydrogen (secondary N) is 1. The first-order valence-corrected chi connectivity index (χ1v) is 16.3. The summed E-state index contributed by atoms with van der Waals surface area (Å²) in [5.41, 5.74) is 1.55. The molecule has 2 heterocycles. The van der Waals surface area contributed by atoms with Gasteiger partial charge in [0.25, 0.3) is 0 Å². The number of alkyl halides is 3. The molecule has 4 rings (SSSR count). The Morgan fingerprint density at radius 3 is 2.23 bits per heavy atom.